The zero-order valence-electron chi connectivity index (χ0n) is 13.6. The summed E-state index contributed by atoms with van der Waals surface area (Å²) >= 11 is 0. The molecule has 2 N–H and O–H groups in total. The second-order valence-electron chi connectivity index (χ2n) is 7.18. The average molecular weight is 293 g/mol. The molecule has 0 fully saturated rings. The lowest BCUT2D eigenvalue weighted by Gasteiger charge is -2.28. The molecule has 21 heavy (non-hydrogen) atoms. The first-order valence-corrected chi connectivity index (χ1v) is 7.68. The fourth-order valence-electron chi connectivity index (χ4n) is 2.94. The van der Waals surface area contributed by atoms with Gasteiger partial charge in [0.25, 0.3) is 0 Å². The molecule has 0 aliphatic carbocycles. The Hall–Kier alpha value is -1.43. The number of carbonyl (C=O) groups is 1. The summed E-state index contributed by atoms with van der Waals surface area (Å²) in [5, 5.41) is 8.39. The maximum absolute atomic E-state index is 12.6. The van der Waals surface area contributed by atoms with Crippen LogP contribution in [0, 0.1) is 11.3 Å². The van der Waals surface area contributed by atoms with E-state index in [1.165, 1.54) is 0 Å². The molecule has 118 valence electrons. The molecule has 0 saturated carbocycles. The number of nitrogens with zero attached hydrogens (tertiary/aromatic N) is 4. The molecule has 1 aromatic heterocycles. The molecule has 6 nitrogen and oxygen atoms in total. The Kier molecular flexibility index (Phi) is 4.66. The van der Waals surface area contributed by atoms with Gasteiger partial charge in [-0.2, -0.15) is 0 Å². The molecule has 1 aliphatic heterocycles. The van der Waals surface area contributed by atoms with Crippen LogP contribution >= 0.6 is 0 Å². The summed E-state index contributed by atoms with van der Waals surface area (Å²) in [7, 11) is 1.82. The van der Waals surface area contributed by atoms with Crippen molar-refractivity contribution in [3.63, 3.8) is 0 Å². The molecule has 0 spiro atoms. The molecule has 1 amide bonds. The van der Waals surface area contributed by atoms with Crippen molar-refractivity contribution in [1.29, 1.82) is 0 Å². The summed E-state index contributed by atoms with van der Waals surface area (Å²) in [6.07, 6.45) is 2.90. The summed E-state index contributed by atoms with van der Waals surface area (Å²) in [6, 6.07) is 0. The van der Waals surface area contributed by atoms with E-state index in [9.17, 15) is 4.79 Å². The van der Waals surface area contributed by atoms with Crippen LogP contribution in [0.2, 0.25) is 0 Å². The van der Waals surface area contributed by atoms with Crippen LogP contribution in [0.3, 0.4) is 0 Å². The molecule has 6 heteroatoms. The third-order valence-corrected chi connectivity index (χ3v) is 3.93. The first-order valence-electron chi connectivity index (χ1n) is 7.68. The highest BCUT2D eigenvalue weighted by Gasteiger charge is 2.27. The van der Waals surface area contributed by atoms with Crippen LogP contribution in [-0.2, 0) is 24.3 Å². The van der Waals surface area contributed by atoms with E-state index < -0.39 is 0 Å². The lowest BCUT2D eigenvalue weighted by molar-refractivity contribution is -0.135. The van der Waals surface area contributed by atoms with Crippen molar-refractivity contribution in [1.82, 2.24) is 19.7 Å². The van der Waals surface area contributed by atoms with E-state index in [-0.39, 0.29) is 17.2 Å². The summed E-state index contributed by atoms with van der Waals surface area (Å²) in [5.41, 5.74) is 5.90. The predicted molar refractivity (Wildman–Crippen MR) is 81.4 cm³/mol. The summed E-state index contributed by atoms with van der Waals surface area (Å²) in [5.74, 6) is 1.89. The molecular weight excluding hydrogens is 266 g/mol. The second-order valence-corrected chi connectivity index (χ2v) is 7.18. The fraction of sp³-hybridized carbons (Fsp3) is 0.800. The SMILES string of the molecule is CN(Cc1nnc2n1CCC2)C(=O)C(CN)CC(C)(C)C. The van der Waals surface area contributed by atoms with Gasteiger partial charge in [0.15, 0.2) is 5.82 Å². The van der Waals surface area contributed by atoms with Crippen molar-refractivity contribution in [3.8, 4) is 0 Å². The number of rotatable bonds is 5. The van der Waals surface area contributed by atoms with E-state index in [0.29, 0.717) is 13.1 Å². The quantitative estimate of drug-likeness (QED) is 0.885. The highest BCUT2D eigenvalue weighted by Crippen LogP contribution is 2.25. The topological polar surface area (TPSA) is 77.0 Å². The monoisotopic (exact) mass is 293 g/mol. The van der Waals surface area contributed by atoms with Gasteiger partial charge in [0.1, 0.15) is 5.82 Å². The van der Waals surface area contributed by atoms with E-state index in [1.54, 1.807) is 4.90 Å². The van der Waals surface area contributed by atoms with Gasteiger partial charge in [0, 0.05) is 26.6 Å². The third kappa shape index (κ3) is 3.81. The van der Waals surface area contributed by atoms with Crippen LogP contribution < -0.4 is 5.73 Å². The normalized spacial score (nSPS) is 15.9. The van der Waals surface area contributed by atoms with Crippen molar-refractivity contribution in [3.05, 3.63) is 11.6 Å². The molecule has 2 rings (SSSR count). The van der Waals surface area contributed by atoms with Crippen LogP contribution in [0.25, 0.3) is 0 Å². The van der Waals surface area contributed by atoms with Crippen molar-refractivity contribution in [2.24, 2.45) is 17.1 Å². The van der Waals surface area contributed by atoms with E-state index in [0.717, 1.165) is 37.5 Å². The van der Waals surface area contributed by atoms with Crippen molar-refractivity contribution in [2.75, 3.05) is 13.6 Å². The Morgan fingerprint density at radius 1 is 1.43 bits per heavy atom. The number of aromatic nitrogens is 3. The Morgan fingerprint density at radius 2 is 2.14 bits per heavy atom. The van der Waals surface area contributed by atoms with Gasteiger partial charge in [-0.1, -0.05) is 20.8 Å². The molecule has 1 aromatic rings. The van der Waals surface area contributed by atoms with Crippen LogP contribution in [0.1, 0.15) is 45.3 Å². The Balaban J connectivity index is 2.01. The number of nitrogens with two attached hydrogens (primary N) is 1. The number of fused-ring (bicyclic) bond motifs is 1. The minimum absolute atomic E-state index is 0.0939. The van der Waals surface area contributed by atoms with E-state index in [1.807, 2.05) is 7.05 Å². The first kappa shape index (κ1) is 15.9. The van der Waals surface area contributed by atoms with Crippen LogP contribution in [0.5, 0.6) is 0 Å². The maximum Gasteiger partial charge on any atom is 0.227 e. The average Bonchev–Trinajstić information content (AvgIpc) is 2.99. The van der Waals surface area contributed by atoms with Gasteiger partial charge in [0.2, 0.25) is 5.91 Å². The van der Waals surface area contributed by atoms with Gasteiger partial charge in [-0.15, -0.1) is 10.2 Å². The predicted octanol–water partition coefficient (Wildman–Crippen LogP) is 1.19. The van der Waals surface area contributed by atoms with Crippen molar-refractivity contribution < 1.29 is 4.79 Å². The minimum atomic E-state index is -0.129. The van der Waals surface area contributed by atoms with Gasteiger partial charge < -0.3 is 15.2 Å². The van der Waals surface area contributed by atoms with Crippen LogP contribution in [0.15, 0.2) is 0 Å². The Bertz CT molecular complexity index is 503. The zero-order chi connectivity index (χ0) is 15.6. The maximum atomic E-state index is 12.6. The largest absolute Gasteiger partial charge is 0.338 e. The van der Waals surface area contributed by atoms with Crippen molar-refractivity contribution in [2.45, 2.75) is 53.1 Å². The molecule has 0 aromatic carbocycles. The highest BCUT2D eigenvalue weighted by atomic mass is 16.2. The van der Waals surface area contributed by atoms with Crippen LogP contribution in [0.4, 0.5) is 0 Å². The molecule has 0 radical (unpaired) electrons. The molecule has 2 heterocycles. The number of hydrogen-bond acceptors (Lipinski definition) is 4. The summed E-state index contributed by atoms with van der Waals surface area (Å²) in [4.78, 5) is 14.3. The molecule has 0 saturated heterocycles. The Morgan fingerprint density at radius 3 is 2.76 bits per heavy atom. The zero-order valence-corrected chi connectivity index (χ0v) is 13.6. The van der Waals surface area contributed by atoms with E-state index >= 15 is 0 Å². The molecule has 0 bridgehead atoms. The second kappa shape index (κ2) is 6.13. The van der Waals surface area contributed by atoms with Gasteiger partial charge >= 0.3 is 0 Å². The van der Waals surface area contributed by atoms with Gasteiger partial charge in [-0.05, 0) is 18.3 Å². The summed E-state index contributed by atoms with van der Waals surface area (Å²) < 4.78 is 2.13. The smallest absolute Gasteiger partial charge is 0.227 e. The molecule has 1 atom stereocenters. The number of carbonyl (C=O) groups excluding carboxylic acids is 1. The molecule has 1 aliphatic rings. The van der Waals surface area contributed by atoms with E-state index in [2.05, 4.69) is 35.5 Å². The van der Waals surface area contributed by atoms with Gasteiger partial charge in [-0.3, -0.25) is 4.79 Å². The summed E-state index contributed by atoms with van der Waals surface area (Å²) in [6.45, 7) is 8.25. The Labute approximate surface area is 126 Å². The van der Waals surface area contributed by atoms with Crippen LogP contribution in [-0.4, -0.2) is 39.2 Å². The lowest BCUT2D eigenvalue weighted by atomic mass is 9.84. The van der Waals surface area contributed by atoms with Gasteiger partial charge in [-0.25, -0.2) is 0 Å². The van der Waals surface area contributed by atoms with E-state index in [4.69, 9.17) is 5.73 Å². The molecule has 1 unspecified atom stereocenters. The number of amides is 1. The lowest BCUT2D eigenvalue weighted by Crippen LogP contribution is -2.38. The number of hydrogen-bond donors (Lipinski definition) is 1. The third-order valence-electron chi connectivity index (χ3n) is 3.93. The number of aryl methyl sites for hydroxylation is 1. The fourth-order valence-corrected chi connectivity index (χ4v) is 2.94. The highest BCUT2D eigenvalue weighted by molar-refractivity contribution is 5.78. The first-order chi connectivity index (χ1) is 9.81. The minimum Gasteiger partial charge on any atom is -0.338 e. The van der Waals surface area contributed by atoms with Crippen molar-refractivity contribution >= 4 is 5.91 Å². The standard InChI is InChI=1S/C15H27N5O/c1-15(2,3)8-11(9-16)14(21)19(4)10-13-18-17-12-6-5-7-20(12)13/h11H,5-10,16H2,1-4H3. The van der Waals surface area contributed by atoms with Gasteiger partial charge in [0.05, 0.1) is 12.5 Å². The molecular formula is C15H27N5O.